The molecule has 0 saturated heterocycles. The number of nitrogens with zero attached hydrogens (tertiary/aromatic N) is 1. The Morgan fingerprint density at radius 3 is 1.71 bits per heavy atom. The average molecular weight is 746 g/mol. The summed E-state index contributed by atoms with van der Waals surface area (Å²) >= 11 is 0. The zero-order valence-electron chi connectivity index (χ0n) is 32.6. The fourth-order valence-electron chi connectivity index (χ4n) is 11.0. The van der Waals surface area contributed by atoms with Crippen LogP contribution in [0.1, 0.15) is 58.4 Å². The lowest BCUT2D eigenvalue weighted by Gasteiger charge is -2.36. The first kappa shape index (κ1) is 33.1. The minimum Gasteiger partial charge on any atom is -0.449 e. The summed E-state index contributed by atoms with van der Waals surface area (Å²) in [6, 6.07) is 63.4. The summed E-state index contributed by atoms with van der Waals surface area (Å²) in [5, 5.41) is 0. The Labute approximate surface area is 339 Å². The van der Waals surface area contributed by atoms with E-state index in [1.165, 1.54) is 66.8 Å². The lowest BCUT2D eigenvalue weighted by Crippen LogP contribution is -2.25. The van der Waals surface area contributed by atoms with Crippen LogP contribution < -0.4 is 14.4 Å². The first-order chi connectivity index (χ1) is 28.5. The van der Waals surface area contributed by atoms with Gasteiger partial charge >= 0.3 is 0 Å². The Morgan fingerprint density at radius 1 is 0.431 bits per heavy atom. The number of para-hydroxylation sites is 2. The van der Waals surface area contributed by atoms with Crippen LogP contribution in [0.4, 0.5) is 17.1 Å². The molecule has 3 aliphatic carbocycles. The summed E-state index contributed by atoms with van der Waals surface area (Å²) < 4.78 is 14.4. The molecule has 3 nitrogen and oxygen atoms in total. The monoisotopic (exact) mass is 745 g/mol. The van der Waals surface area contributed by atoms with E-state index in [2.05, 4.69) is 202 Å². The van der Waals surface area contributed by atoms with Crippen LogP contribution in [-0.2, 0) is 10.8 Å². The van der Waals surface area contributed by atoms with Gasteiger partial charge in [-0.25, -0.2) is 0 Å². The number of anilines is 3. The third kappa shape index (κ3) is 4.23. The summed E-state index contributed by atoms with van der Waals surface area (Å²) in [6.45, 7) is 6.83. The molecule has 58 heavy (non-hydrogen) atoms. The minimum absolute atomic E-state index is 0.353. The molecule has 276 valence electrons. The molecule has 1 spiro atoms. The van der Waals surface area contributed by atoms with Gasteiger partial charge in [0.25, 0.3) is 0 Å². The van der Waals surface area contributed by atoms with E-state index >= 15 is 0 Å². The van der Waals surface area contributed by atoms with Crippen LogP contribution in [0.3, 0.4) is 0 Å². The molecule has 1 heterocycles. The molecule has 1 unspecified atom stereocenters. The summed E-state index contributed by atoms with van der Waals surface area (Å²) in [7, 11) is 0. The van der Waals surface area contributed by atoms with Crippen molar-refractivity contribution >= 4 is 22.6 Å². The number of aryl methyl sites for hydroxylation is 1. The molecule has 8 aromatic carbocycles. The van der Waals surface area contributed by atoms with Crippen molar-refractivity contribution < 1.29 is 9.47 Å². The fraction of sp³-hybridized carbons (Fsp3) is 0.0909. The molecule has 0 amide bonds. The molecule has 0 fully saturated rings. The van der Waals surface area contributed by atoms with Crippen LogP contribution in [-0.4, -0.2) is 0 Å². The van der Waals surface area contributed by atoms with E-state index in [1.54, 1.807) is 0 Å². The van der Waals surface area contributed by atoms with Gasteiger partial charge in [-0.05, 0) is 124 Å². The summed E-state index contributed by atoms with van der Waals surface area (Å²) in [5.41, 5.74) is 18.6. The van der Waals surface area contributed by atoms with Crippen molar-refractivity contribution in [1.82, 2.24) is 0 Å². The van der Waals surface area contributed by atoms with Crippen molar-refractivity contribution in [3.63, 3.8) is 0 Å². The van der Waals surface area contributed by atoms with E-state index in [0.29, 0.717) is 17.2 Å². The normalized spacial score (nSPS) is 16.8. The molecule has 0 N–H and O–H groups in total. The lowest BCUT2D eigenvalue weighted by atomic mass is 9.70. The maximum Gasteiger partial charge on any atom is 0.194 e. The molecule has 0 saturated carbocycles. The molecule has 0 radical (unpaired) electrons. The van der Waals surface area contributed by atoms with Crippen LogP contribution in [0.5, 0.6) is 23.0 Å². The van der Waals surface area contributed by atoms with Gasteiger partial charge in [0.15, 0.2) is 23.0 Å². The number of hydrogen-bond donors (Lipinski definition) is 0. The highest BCUT2D eigenvalue weighted by Crippen LogP contribution is 2.67. The highest BCUT2D eigenvalue weighted by molar-refractivity contribution is 5.98. The second kappa shape index (κ2) is 12.0. The Kier molecular flexibility index (Phi) is 6.82. The quantitative estimate of drug-likeness (QED) is 0.179. The number of ether oxygens (including phenoxy) is 2. The second-order valence-electron chi connectivity index (χ2n) is 16.2. The Hall–Kier alpha value is -7.10. The molecular weight excluding hydrogens is 707 g/mol. The van der Waals surface area contributed by atoms with E-state index in [0.717, 1.165) is 28.4 Å². The van der Waals surface area contributed by atoms with Gasteiger partial charge in [0.2, 0.25) is 0 Å². The van der Waals surface area contributed by atoms with Gasteiger partial charge in [-0.1, -0.05) is 146 Å². The van der Waals surface area contributed by atoms with Gasteiger partial charge < -0.3 is 14.4 Å². The number of allylic oxidation sites excluding steroid dienone is 2. The maximum absolute atomic E-state index is 7.19. The first-order valence-electron chi connectivity index (χ1n) is 20.2. The van der Waals surface area contributed by atoms with E-state index in [-0.39, 0.29) is 5.41 Å². The van der Waals surface area contributed by atoms with Gasteiger partial charge in [-0.15, -0.1) is 0 Å². The predicted octanol–water partition coefficient (Wildman–Crippen LogP) is 14.4. The molecule has 0 bridgehead atoms. The topological polar surface area (TPSA) is 21.7 Å². The van der Waals surface area contributed by atoms with E-state index in [4.69, 9.17) is 9.47 Å². The van der Waals surface area contributed by atoms with Crippen molar-refractivity contribution in [2.75, 3.05) is 4.90 Å². The van der Waals surface area contributed by atoms with Gasteiger partial charge in [0.05, 0.1) is 16.8 Å². The van der Waals surface area contributed by atoms with Crippen molar-refractivity contribution in [2.45, 2.75) is 31.6 Å². The van der Waals surface area contributed by atoms with Crippen molar-refractivity contribution in [3.05, 3.63) is 227 Å². The molecule has 3 heteroatoms. The minimum atomic E-state index is -0.465. The largest absolute Gasteiger partial charge is 0.449 e. The molecule has 1 aliphatic heterocycles. The highest BCUT2D eigenvalue weighted by atomic mass is 16.6. The fourth-order valence-corrected chi connectivity index (χ4v) is 11.0. The van der Waals surface area contributed by atoms with Gasteiger partial charge in [0, 0.05) is 16.7 Å². The molecule has 12 rings (SSSR count). The van der Waals surface area contributed by atoms with E-state index in [9.17, 15) is 0 Å². The average Bonchev–Trinajstić information content (AvgIpc) is 3.84. The second-order valence-corrected chi connectivity index (χ2v) is 16.2. The Bertz CT molecular complexity index is 3020. The maximum atomic E-state index is 7.19. The van der Waals surface area contributed by atoms with Crippen molar-refractivity contribution in [2.24, 2.45) is 0 Å². The number of benzene rings is 8. The zero-order chi connectivity index (χ0) is 38.8. The molecular formula is C55H39NO2. The molecule has 8 aromatic rings. The van der Waals surface area contributed by atoms with Crippen molar-refractivity contribution in [3.8, 4) is 45.3 Å². The van der Waals surface area contributed by atoms with E-state index < -0.39 is 5.41 Å². The highest BCUT2D eigenvalue weighted by Gasteiger charge is 2.53. The standard InChI is InChI=1S/C55H39NO2/c1-34-17-15-28-46(51(34)54(3)33-35(2)37-20-7-11-24-41(37)54)56(36-18-5-4-6-19-36)47-29-16-30-48-52(47)57-49-32-31-45-50(53(49)58-48)40-23-10-14-27-44(40)55(45)42-25-12-8-21-38(42)39-22-9-13-26-43(39)55/h4-33H,1-3H3. The lowest BCUT2D eigenvalue weighted by molar-refractivity contribution is 0.361. The molecule has 1 atom stereocenters. The molecule has 4 aliphatic rings. The third-order valence-electron chi connectivity index (χ3n) is 13.1. The van der Waals surface area contributed by atoms with E-state index in [1.807, 2.05) is 6.07 Å². The van der Waals surface area contributed by atoms with Crippen LogP contribution in [0.2, 0.25) is 0 Å². The summed E-state index contributed by atoms with van der Waals surface area (Å²) in [5.74, 6) is 2.84. The van der Waals surface area contributed by atoms with Crippen molar-refractivity contribution in [1.29, 1.82) is 0 Å². The van der Waals surface area contributed by atoms with Crippen LogP contribution in [0.25, 0.3) is 27.8 Å². The van der Waals surface area contributed by atoms with Crippen LogP contribution >= 0.6 is 0 Å². The first-order valence-corrected chi connectivity index (χ1v) is 20.2. The van der Waals surface area contributed by atoms with Crippen LogP contribution in [0, 0.1) is 6.92 Å². The van der Waals surface area contributed by atoms with Crippen LogP contribution in [0.15, 0.2) is 182 Å². The Morgan fingerprint density at radius 2 is 0.983 bits per heavy atom. The van der Waals surface area contributed by atoms with Gasteiger partial charge in [-0.2, -0.15) is 0 Å². The number of rotatable bonds is 4. The SMILES string of the molecule is CC1=CC(C)(c2c(C)cccc2N(c2ccccc2)c2cccc3c2Oc2ccc4c(c2O3)-c2ccccc2C42c3ccccc3-c3ccccc32)c2ccccc21. The van der Waals surface area contributed by atoms with Gasteiger partial charge in [0.1, 0.15) is 0 Å². The van der Waals surface area contributed by atoms with Gasteiger partial charge in [-0.3, -0.25) is 0 Å². The smallest absolute Gasteiger partial charge is 0.194 e. The zero-order valence-corrected chi connectivity index (χ0v) is 32.6. The number of fused-ring (bicyclic) bond motifs is 14. The number of hydrogen-bond acceptors (Lipinski definition) is 3. The Balaban J connectivity index is 1.05. The molecule has 0 aromatic heterocycles. The predicted molar refractivity (Wildman–Crippen MR) is 235 cm³/mol. The summed E-state index contributed by atoms with van der Waals surface area (Å²) in [6.07, 6.45) is 2.44. The summed E-state index contributed by atoms with van der Waals surface area (Å²) in [4.78, 5) is 2.36. The third-order valence-corrected chi connectivity index (χ3v) is 13.1.